The highest BCUT2D eigenvalue weighted by Gasteiger charge is 2.25. The van der Waals surface area contributed by atoms with Crippen LogP contribution in [0.4, 0.5) is 0 Å². The van der Waals surface area contributed by atoms with Crippen molar-refractivity contribution in [2.45, 2.75) is 45.1 Å². The van der Waals surface area contributed by atoms with Crippen molar-refractivity contribution >= 4 is 34.8 Å². The van der Waals surface area contributed by atoms with Gasteiger partial charge in [0.15, 0.2) is 0 Å². The molecule has 0 saturated heterocycles. The van der Waals surface area contributed by atoms with Gasteiger partial charge in [0.25, 0.3) is 0 Å². The van der Waals surface area contributed by atoms with E-state index in [0.29, 0.717) is 21.9 Å². The van der Waals surface area contributed by atoms with E-state index in [1.165, 1.54) is 17.7 Å². The summed E-state index contributed by atoms with van der Waals surface area (Å²) >= 11 is 16.9. The van der Waals surface area contributed by atoms with E-state index < -0.39 is 0 Å². The summed E-state index contributed by atoms with van der Waals surface area (Å²) in [6.07, 6.45) is 19.4. The second-order valence-corrected chi connectivity index (χ2v) is 10.2. The number of methoxy groups -OCH3 is 1. The highest BCUT2D eigenvalue weighted by atomic mass is 35.5. The van der Waals surface area contributed by atoms with E-state index in [-0.39, 0.29) is 11.6 Å². The zero-order valence-electron chi connectivity index (χ0n) is 19.9. The molecule has 0 aliphatic heterocycles. The average Bonchev–Trinajstić information content (AvgIpc) is 3.04. The number of rotatable bonds is 10. The van der Waals surface area contributed by atoms with Crippen molar-refractivity contribution in [3.63, 3.8) is 0 Å². The summed E-state index contributed by atoms with van der Waals surface area (Å²) in [4.78, 5) is 1.52. The first-order chi connectivity index (χ1) is 15.2. The minimum Gasteiger partial charge on any atom is -0.501 e. The van der Waals surface area contributed by atoms with Crippen molar-refractivity contribution in [3.8, 4) is 0 Å². The van der Waals surface area contributed by atoms with E-state index in [1.807, 2.05) is 12.2 Å². The van der Waals surface area contributed by atoms with Gasteiger partial charge >= 0.3 is 0 Å². The Morgan fingerprint density at radius 2 is 1.97 bits per heavy atom. The Kier molecular flexibility index (Phi) is 14.6. The maximum absolute atomic E-state index is 7.33. The molecule has 0 aromatic heterocycles. The van der Waals surface area contributed by atoms with Crippen LogP contribution < -0.4 is 10.2 Å². The summed E-state index contributed by atoms with van der Waals surface area (Å²) in [6.45, 7) is 8.08. The smallest absolute Gasteiger partial charge is 0.117 e. The van der Waals surface area contributed by atoms with Crippen molar-refractivity contribution in [3.05, 3.63) is 58.4 Å². The number of aliphatic hydroxyl groups is 1. The van der Waals surface area contributed by atoms with Crippen LogP contribution in [0.2, 0.25) is 0 Å². The van der Waals surface area contributed by atoms with Crippen LogP contribution in [0, 0.1) is 11.8 Å². The second-order valence-electron chi connectivity index (χ2n) is 9.15. The van der Waals surface area contributed by atoms with Gasteiger partial charge in [-0.3, -0.25) is 0 Å². The molecule has 4 N–H and O–H groups in total. The molecular weight excluding hydrogens is 467 g/mol. The zero-order chi connectivity index (χ0) is 24.0. The Morgan fingerprint density at radius 3 is 2.66 bits per heavy atom. The van der Waals surface area contributed by atoms with Crippen LogP contribution in [0.25, 0.3) is 0 Å². The first-order valence-electron chi connectivity index (χ1n) is 11.3. The molecule has 4 nitrogen and oxygen atoms in total. The third-order valence-electron chi connectivity index (χ3n) is 5.70. The number of alkyl halides is 1. The van der Waals surface area contributed by atoms with Crippen LogP contribution in [0.15, 0.2) is 58.4 Å². The fraction of sp³-hybridized carbons (Fsp3) is 0.600. The van der Waals surface area contributed by atoms with Crippen LogP contribution in [0.1, 0.15) is 39.5 Å². The predicted octanol–water partition coefficient (Wildman–Crippen LogP) is 3.73. The Morgan fingerprint density at radius 1 is 1.25 bits per heavy atom. The first kappa shape index (κ1) is 29.3. The van der Waals surface area contributed by atoms with Crippen molar-refractivity contribution in [2.75, 3.05) is 39.9 Å². The Balaban J connectivity index is 0.00000161. The van der Waals surface area contributed by atoms with Crippen LogP contribution in [0.3, 0.4) is 0 Å². The molecule has 2 aliphatic rings. The van der Waals surface area contributed by atoms with Crippen molar-refractivity contribution in [1.82, 2.24) is 0 Å². The van der Waals surface area contributed by atoms with Gasteiger partial charge < -0.3 is 20.1 Å². The molecule has 2 unspecified atom stereocenters. The highest BCUT2D eigenvalue weighted by molar-refractivity contribution is 6.44. The molecule has 0 spiro atoms. The number of quaternary nitrogens is 2. The van der Waals surface area contributed by atoms with E-state index >= 15 is 0 Å². The lowest BCUT2D eigenvalue weighted by molar-refractivity contribution is -0.884. The van der Waals surface area contributed by atoms with Gasteiger partial charge in [-0.2, -0.15) is 0 Å². The molecule has 2 rings (SSSR count). The number of ether oxygens (including phenoxy) is 1. The second kappa shape index (κ2) is 16.0. The molecule has 0 fully saturated rings. The first-order valence-corrected chi connectivity index (χ1v) is 12.6. The van der Waals surface area contributed by atoms with Crippen LogP contribution in [-0.4, -0.2) is 50.5 Å². The summed E-state index contributed by atoms with van der Waals surface area (Å²) in [6, 6.07) is -0.278. The van der Waals surface area contributed by atoms with E-state index in [4.69, 9.17) is 33.0 Å². The number of aliphatic hydroxyl groups excluding tert-OH is 1. The molecule has 0 radical (unpaired) electrons. The molecule has 0 saturated carbocycles. The lowest BCUT2D eigenvalue weighted by Gasteiger charge is -2.26. The van der Waals surface area contributed by atoms with Crippen LogP contribution >= 0.6 is 34.8 Å². The molecule has 7 heteroatoms. The monoisotopic (exact) mass is 506 g/mol. The van der Waals surface area contributed by atoms with Crippen molar-refractivity contribution in [1.29, 1.82) is 0 Å². The molecular formula is C25H41Cl3N2O2+2. The van der Waals surface area contributed by atoms with Gasteiger partial charge in [-0.15, -0.1) is 0 Å². The van der Waals surface area contributed by atoms with Crippen molar-refractivity contribution < 1.29 is 20.1 Å². The summed E-state index contributed by atoms with van der Waals surface area (Å²) in [5.41, 5.74) is 0.247. The fourth-order valence-corrected chi connectivity index (χ4v) is 4.47. The van der Waals surface area contributed by atoms with E-state index in [0.717, 1.165) is 38.2 Å². The molecule has 0 aromatic rings. The molecule has 182 valence electrons. The van der Waals surface area contributed by atoms with E-state index in [9.17, 15) is 0 Å². The Hall–Kier alpha value is -0.750. The Labute approximate surface area is 209 Å². The molecule has 0 amide bonds. The standard InChI is InChI=1S/C24H36Cl2N2O.CH3ClO/c1-24(2,17-19-8-5-10-21(29-4)13-12-19)27-14-7-15-28(3)18-20-9-6-11-22(25)23(26)16-20;2-1-3/h5-6,8-9,11,13,16,19-20,27H,7,10,12,14-15,17-18H2,1-4H3;3H,1H2/p+2/t19-,20?;/m1./s1. The molecule has 32 heavy (non-hydrogen) atoms. The lowest BCUT2D eigenvalue weighted by Crippen LogP contribution is -3.10. The fourth-order valence-electron chi connectivity index (χ4n) is 4.11. The maximum atomic E-state index is 7.33. The van der Waals surface area contributed by atoms with Gasteiger partial charge in [0.05, 0.1) is 55.2 Å². The van der Waals surface area contributed by atoms with Crippen LogP contribution in [-0.2, 0) is 4.74 Å². The van der Waals surface area contributed by atoms with E-state index in [2.05, 4.69) is 68.2 Å². The quantitative estimate of drug-likeness (QED) is 0.240. The molecule has 2 aliphatic carbocycles. The molecule has 0 bridgehead atoms. The minimum atomic E-state index is -0.278. The number of hydrogen-bond acceptors (Lipinski definition) is 2. The summed E-state index contributed by atoms with van der Waals surface area (Å²) in [7, 11) is 4.02. The normalized spacial score (nSPS) is 21.9. The third-order valence-corrected chi connectivity index (χ3v) is 6.46. The topological polar surface area (TPSA) is 50.5 Å². The largest absolute Gasteiger partial charge is 0.501 e. The zero-order valence-corrected chi connectivity index (χ0v) is 22.2. The number of halogens is 3. The van der Waals surface area contributed by atoms with Gasteiger partial charge in [-0.25, -0.2) is 0 Å². The number of nitrogens with one attached hydrogen (secondary N) is 1. The molecule has 0 heterocycles. The van der Waals surface area contributed by atoms with Crippen LogP contribution in [0.5, 0.6) is 0 Å². The third kappa shape index (κ3) is 12.5. The van der Waals surface area contributed by atoms with E-state index in [1.54, 1.807) is 7.11 Å². The number of allylic oxidation sites excluding steroid dienone is 7. The molecule has 3 atom stereocenters. The highest BCUT2D eigenvalue weighted by Crippen LogP contribution is 2.24. The molecule has 0 aromatic carbocycles. The minimum absolute atomic E-state index is 0.247. The SMILES string of the molecule is COC1=CC[C@H](CC(C)(C)[NH2+]CCC[NH+](C)CC2C=CC=C(Cl)C(Cl)=C2)C=CC1.OCCl. The van der Waals surface area contributed by atoms with Gasteiger partial charge in [0, 0.05) is 25.2 Å². The Bertz CT molecular complexity index is 699. The van der Waals surface area contributed by atoms with Gasteiger partial charge in [0.1, 0.15) is 6.07 Å². The van der Waals surface area contributed by atoms with Crippen molar-refractivity contribution in [2.24, 2.45) is 11.8 Å². The number of hydrogen-bond donors (Lipinski definition) is 3. The van der Waals surface area contributed by atoms with Gasteiger partial charge in [0.2, 0.25) is 0 Å². The van der Waals surface area contributed by atoms with Gasteiger partial charge in [-0.05, 0) is 38.3 Å². The average molecular weight is 508 g/mol. The van der Waals surface area contributed by atoms with Gasteiger partial charge in [-0.1, -0.05) is 65.2 Å². The summed E-state index contributed by atoms with van der Waals surface area (Å²) in [5.74, 6) is 2.03. The predicted molar refractivity (Wildman–Crippen MR) is 137 cm³/mol. The summed E-state index contributed by atoms with van der Waals surface area (Å²) < 4.78 is 5.40. The lowest BCUT2D eigenvalue weighted by atomic mass is 9.88. The summed E-state index contributed by atoms with van der Waals surface area (Å²) in [5, 5.41) is 11.1. The number of nitrogens with two attached hydrogens (primary N) is 1. The maximum Gasteiger partial charge on any atom is 0.117 e.